The number of alkyl halides is 3. The Balaban J connectivity index is 3.10. The van der Waals surface area contributed by atoms with Gasteiger partial charge in [-0.1, -0.05) is 12.1 Å². The number of nitrogens with zero attached hydrogens (tertiary/aromatic N) is 1. The van der Waals surface area contributed by atoms with Crippen molar-refractivity contribution in [1.29, 1.82) is 5.26 Å². The molecule has 0 fully saturated rings. The van der Waals surface area contributed by atoms with E-state index in [0.717, 1.165) is 12.1 Å². The Morgan fingerprint density at radius 3 is 2.67 bits per heavy atom. The summed E-state index contributed by atoms with van der Waals surface area (Å²) in [6.07, 6.45) is -2.38. The van der Waals surface area contributed by atoms with Crippen molar-refractivity contribution in [2.24, 2.45) is 0 Å². The van der Waals surface area contributed by atoms with Crippen molar-refractivity contribution in [2.45, 2.75) is 12.0 Å². The van der Waals surface area contributed by atoms with Gasteiger partial charge in [0.1, 0.15) is 6.67 Å². The van der Waals surface area contributed by atoms with Crippen LogP contribution in [-0.2, 0) is 5.92 Å². The van der Waals surface area contributed by atoms with Crippen molar-refractivity contribution >= 4 is 0 Å². The third-order valence-corrected chi connectivity index (χ3v) is 1.94. The first-order valence-corrected chi connectivity index (χ1v) is 4.15. The standard InChI is InChI=1S/C10H8F3NO/c11-5-9(15)10(12,13)8-3-1-2-7(4-8)6-14/h1-4,9,15H,5H2. The van der Waals surface area contributed by atoms with Gasteiger partial charge in [0.25, 0.3) is 0 Å². The largest absolute Gasteiger partial charge is 0.384 e. The van der Waals surface area contributed by atoms with Gasteiger partial charge in [-0.3, -0.25) is 0 Å². The number of hydrogen-bond donors (Lipinski definition) is 1. The highest BCUT2D eigenvalue weighted by Gasteiger charge is 2.40. The van der Waals surface area contributed by atoms with Gasteiger partial charge < -0.3 is 5.11 Å². The van der Waals surface area contributed by atoms with E-state index in [4.69, 9.17) is 10.4 Å². The lowest BCUT2D eigenvalue weighted by Crippen LogP contribution is -2.32. The van der Waals surface area contributed by atoms with Gasteiger partial charge in [0.2, 0.25) is 0 Å². The number of aliphatic hydroxyl groups is 1. The summed E-state index contributed by atoms with van der Waals surface area (Å²) in [4.78, 5) is 0. The quantitative estimate of drug-likeness (QED) is 0.837. The van der Waals surface area contributed by atoms with E-state index in [1.54, 1.807) is 6.07 Å². The van der Waals surface area contributed by atoms with Crippen LogP contribution in [0.2, 0.25) is 0 Å². The molecule has 0 aliphatic rings. The molecular weight excluding hydrogens is 207 g/mol. The number of nitriles is 1. The van der Waals surface area contributed by atoms with Gasteiger partial charge in [-0.05, 0) is 12.1 Å². The number of benzene rings is 1. The molecule has 1 aromatic carbocycles. The van der Waals surface area contributed by atoms with E-state index in [2.05, 4.69) is 0 Å². The highest BCUT2D eigenvalue weighted by Crippen LogP contribution is 2.32. The highest BCUT2D eigenvalue weighted by molar-refractivity contribution is 5.35. The summed E-state index contributed by atoms with van der Waals surface area (Å²) in [5, 5.41) is 17.3. The van der Waals surface area contributed by atoms with E-state index in [1.165, 1.54) is 12.1 Å². The van der Waals surface area contributed by atoms with Crippen molar-refractivity contribution in [3.8, 4) is 6.07 Å². The molecule has 0 saturated carbocycles. The highest BCUT2D eigenvalue weighted by atomic mass is 19.3. The van der Waals surface area contributed by atoms with Gasteiger partial charge in [0, 0.05) is 5.56 Å². The van der Waals surface area contributed by atoms with Crippen LogP contribution in [0.15, 0.2) is 24.3 Å². The lowest BCUT2D eigenvalue weighted by molar-refractivity contribution is -0.121. The minimum absolute atomic E-state index is 0.0400. The molecule has 0 saturated heterocycles. The van der Waals surface area contributed by atoms with E-state index >= 15 is 0 Å². The first kappa shape index (κ1) is 11.5. The Labute approximate surface area is 84.6 Å². The summed E-state index contributed by atoms with van der Waals surface area (Å²) in [7, 11) is 0. The molecule has 0 aliphatic heterocycles. The predicted octanol–water partition coefficient (Wildman–Crippen LogP) is 1.98. The molecule has 2 nitrogen and oxygen atoms in total. The fourth-order valence-electron chi connectivity index (χ4n) is 1.09. The summed E-state index contributed by atoms with van der Waals surface area (Å²) in [5.41, 5.74) is -0.523. The Hall–Kier alpha value is -1.54. The second-order valence-electron chi connectivity index (χ2n) is 2.99. The zero-order chi connectivity index (χ0) is 11.5. The van der Waals surface area contributed by atoms with Crippen molar-refractivity contribution < 1.29 is 18.3 Å². The van der Waals surface area contributed by atoms with Crippen LogP contribution in [0.1, 0.15) is 11.1 Å². The van der Waals surface area contributed by atoms with Crippen molar-refractivity contribution in [1.82, 2.24) is 0 Å². The van der Waals surface area contributed by atoms with Crippen LogP contribution in [0.5, 0.6) is 0 Å². The minimum Gasteiger partial charge on any atom is -0.384 e. The fraction of sp³-hybridized carbons (Fsp3) is 0.300. The zero-order valence-electron chi connectivity index (χ0n) is 7.62. The molecule has 1 unspecified atom stereocenters. The predicted molar refractivity (Wildman–Crippen MR) is 47.0 cm³/mol. The van der Waals surface area contributed by atoms with Gasteiger partial charge in [0.15, 0.2) is 6.10 Å². The molecule has 1 rings (SSSR count). The third kappa shape index (κ3) is 2.28. The fourth-order valence-corrected chi connectivity index (χ4v) is 1.09. The Morgan fingerprint density at radius 2 is 2.13 bits per heavy atom. The number of rotatable bonds is 3. The molecule has 0 heterocycles. The van der Waals surface area contributed by atoms with Crippen molar-refractivity contribution in [3.63, 3.8) is 0 Å². The van der Waals surface area contributed by atoms with E-state index in [9.17, 15) is 13.2 Å². The third-order valence-electron chi connectivity index (χ3n) is 1.94. The molecule has 0 amide bonds. The lowest BCUT2D eigenvalue weighted by atomic mass is 10.0. The molecule has 0 bridgehead atoms. The SMILES string of the molecule is N#Cc1cccc(C(F)(F)C(O)CF)c1. The van der Waals surface area contributed by atoms with E-state index in [1.807, 2.05) is 0 Å². The summed E-state index contributed by atoms with van der Waals surface area (Å²) in [6.45, 7) is -1.54. The molecule has 0 aliphatic carbocycles. The number of aliphatic hydroxyl groups excluding tert-OH is 1. The Bertz CT molecular complexity index is 386. The number of hydrogen-bond acceptors (Lipinski definition) is 2. The van der Waals surface area contributed by atoms with E-state index in [-0.39, 0.29) is 5.56 Å². The summed E-state index contributed by atoms with van der Waals surface area (Å²) in [6, 6.07) is 6.26. The van der Waals surface area contributed by atoms with Crippen LogP contribution in [-0.4, -0.2) is 17.9 Å². The van der Waals surface area contributed by atoms with E-state index < -0.39 is 24.3 Å². The molecule has 15 heavy (non-hydrogen) atoms. The summed E-state index contributed by atoms with van der Waals surface area (Å²) in [5.74, 6) is -3.68. The smallest absolute Gasteiger partial charge is 0.301 e. The van der Waals surface area contributed by atoms with Gasteiger partial charge in [0.05, 0.1) is 11.6 Å². The second-order valence-corrected chi connectivity index (χ2v) is 2.99. The average Bonchev–Trinajstić information content (AvgIpc) is 2.27. The average molecular weight is 215 g/mol. The summed E-state index contributed by atoms with van der Waals surface area (Å²) < 4.78 is 38.5. The van der Waals surface area contributed by atoms with Crippen LogP contribution < -0.4 is 0 Å². The molecule has 0 spiro atoms. The van der Waals surface area contributed by atoms with Crippen molar-refractivity contribution in [2.75, 3.05) is 6.67 Å². The summed E-state index contributed by atoms with van der Waals surface area (Å²) >= 11 is 0. The minimum atomic E-state index is -3.68. The van der Waals surface area contributed by atoms with Gasteiger partial charge in [-0.2, -0.15) is 14.0 Å². The van der Waals surface area contributed by atoms with Gasteiger partial charge in [-0.25, -0.2) is 4.39 Å². The van der Waals surface area contributed by atoms with Gasteiger partial charge in [-0.15, -0.1) is 0 Å². The molecule has 0 radical (unpaired) electrons. The normalized spacial score (nSPS) is 13.3. The number of halogens is 3. The molecule has 1 atom stereocenters. The van der Waals surface area contributed by atoms with Crippen LogP contribution in [0.25, 0.3) is 0 Å². The van der Waals surface area contributed by atoms with Gasteiger partial charge >= 0.3 is 5.92 Å². The molecule has 0 aromatic heterocycles. The molecule has 1 aromatic rings. The lowest BCUT2D eigenvalue weighted by Gasteiger charge is -2.20. The van der Waals surface area contributed by atoms with Crippen LogP contribution in [0.3, 0.4) is 0 Å². The topological polar surface area (TPSA) is 44.0 Å². The Morgan fingerprint density at radius 1 is 1.47 bits per heavy atom. The monoisotopic (exact) mass is 215 g/mol. The van der Waals surface area contributed by atoms with Crippen LogP contribution in [0, 0.1) is 11.3 Å². The van der Waals surface area contributed by atoms with Crippen molar-refractivity contribution in [3.05, 3.63) is 35.4 Å². The van der Waals surface area contributed by atoms with Crippen LogP contribution >= 0.6 is 0 Å². The zero-order valence-corrected chi connectivity index (χ0v) is 7.62. The maximum absolute atomic E-state index is 13.3. The Kier molecular flexibility index (Phi) is 3.32. The molecular formula is C10H8F3NO. The first-order valence-electron chi connectivity index (χ1n) is 4.15. The maximum Gasteiger partial charge on any atom is 0.301 e. The first-order chi connectivity index (χ1) is 7.02. The molecule has 5 heteroatoms. The molecule has 1 N–H and O–H groups in total. The van der Waals surface area contributed by atoms with Crippen LogP contribution in [0.4, 0.5) is 13.2 Å². The molecule has 80 valence electrons. The second kappa shape index (κ2) is 4.32. The maximum atomic E-state index is 13.3. The van der Waals surface area contributed by atoms with E-state index in [0.29, 0.717) is 0 Å².